The number of benzene rings is 1. The number of hydrogen-bond acceptors (Lipinski definition) is 4. The third kappa shape index (κ3) is 2.13. The van der Waals surface area contributed by atoms with E-state index in [-0.39, 0.29) is 0 Å². The van der Waals surface area contributed by atoms with Crippen molar-refractivity contribution in [3.63, 3.8) is 0 Å². The zero-order valence-corrected chi connectivity index (χ0v) is 8.61. The third-order valence-electron chi connectivity index (χ3n) is 1.94. The first-order chi connectivity index (χ1) is 7.42. The highest BCUT2D eigenvalue weighted by Crippen LogP contribution is 2.26. The lowest BCUT2D eigenvalue weighted by molar-refractivity contribution is 1.03. The summed E-state index contributed by atoms with van der Waals surface area (Å²) in [7, 11) is 0. The second kappa shape index (κ2) is 4.55. The van der Waals surface area contributed by atoms with Crippen molar-refractivity contribution < 1.29 is 0 Å². The molecule has 0 aliphatic carbocycles. The standard InChI is InChI=1S/C11H7N3S/c15-8-12-11-10(6-7-13-14-11)9-4-2-1-3-5-9/h1-7H. The zero-order chi connectivity index (χ0) is 10.5. The third-order valence-corrected chi connectivity index (χ3v) is 2.03. The van der Waals surface area contributed by atoms with E-state index in [1.807, 2.05) is 36.4 Å². The van der Waals surface area contributed by atoms with Crippen molar-refractivity contribution in [2.75, 3.05) is 0 Å². The van der Waals surface area contributed by atoms with E-state index in [2.05, 4.69) is 32.6 Å². The Kier molecular flexibility index (Phi) is 2.93. The molecule has 0 aliphatic rings. The SMILES string of the molecule is S=C=Nc1nnccc1-c1ccccc1. The number of hydrogen-bond donors (Lipinski definition) is 0. The summed E-state index contributed by atoms with van der Waals surface area (Å²) < 4.78 is 0. The summed E-state index contributed by atoms with van der Waals surface area (Å²) in [5.74, 6) is 0.499. The van der Waals surface area contributed by atoms with Gasteiger partial charge in [0.15, 0.2) is 5.82 Å². The maximum absolute atomic E-state index is 4.56. The minimum Gasteiger partial charge on any atom is -0.172 e. The lowest BCUT2D eigenvalue weighted by atomic mass is 10.1. The summed E-state index contributed by atoms with van der Waals surface area (Å²) in [6.45, 7) is 0. The molecule has 0 aliphatic heterocycles. The van der Waals surface area contributed by atoms with Gasteiger partial charge in [-0.15, -0.1) is 5.10 Å². The van der Waals surface area contributed by atoms with Crippen LogP contribution in [0.1, 0.15) is 0 Å². The zero-order valence-electron chi connectivity index (χ0n) is 7.79. The first-order valence-electron chi connectivity index (χ1n) is 4.37. The molecule has 1 heterocycles. The molecule has 72 valence electrons. The summed E-state index contributed by atoms with van der Waals surface area (Å²) in [5, 5.41) is 9.96. The van der Waals surface area contributed by atoms with Gasteiger partial charge in [-0.05, 0) is 23.8 Å². The molecule has 0 atom stereocenters. The van der Waals surface area contributed by atoms with Crippen LogP contribution in [0, 0.1) is 0 Å². The Bertz CT molecular complexity index is 504. The molecule has 15 heavy (non-hydrogen) atoms. The number of rotatable bonds is 2. The van der Waals surface area contributed by atoms with Crippen molar-refractivity contribution in [2.45, 2.75) is 0 Å². The first kappa shape index (κ1) is 9.65. The molecule has 0 saturated carbocycles. The molecule has 2 aromatic rings. The van der Waals surface area contributed by atoms with Crippen LogP contribution in [0.5, 0.6) is 0 Å². The van der Waals surface area contributed by atoms with Gasteiger partial charge in [-0.25, -0.2) is 0 Å². The van der Waals surface area contributed by atoms with Gasteiger partial charge >= 0.3 is 0 Å². The number of aliphatic imine (C=N–C) groups is 1. The number of isothiocyanates is 1. The van der Waals surface area contributed by atoms with Gasteiger partial charge in [-0.2, -0.15) is 10.1 Å². The van der Waals surface area contributed by atoms with Gasteiger partial charge in [0.25, 0.3) is 0 Å². The first-order valence-corrected chi connectivity index (χ1v) is 4.77. The Labute approximate surface area is 92.5 Å². The monoisotopic (exact) mass is 213 g/mol. The van der Waals surface area contributed by atoms with Crippen LogP contribution in [-0.2, 0) is 0 Å². The molecule has 0 bridgehead atoms. The topological polar surface area (TPSA) is 38.1 Å². The molecule has 0 amide bonds. The van der Waals surface area contributed by atoms with Gasteiger partial charge in [0.2, 0.25) is 0 Å². The van der Waals surface area contributed by atoms with Gasteiger partial charge in [0, 0.05) is 5.56 Å². The molecular formula is C11H7N3S. The Balaban J connectivity index is 2.58. The van der Waals surface area contributed by atoms with Crippen LogP contribution < -0.4 is 0 Å². The molecule has 0 N–H and O–H groups in total. The average molecular weight is 213 g/mol. The maximum Gasteiger partial charge on any atom is 0.192 e. The smallest absolute Gasteiger partial charge is 0.172 e. The molecular weight excluding hydrogens is 206 g/mol. The Morgan fingerprint density at radius 3 is 2.67 bits per heavy atom. The average Bonchev–Trinajstić information content (AvgIpc) is 2.31. The van der Waals surface area contributed by atoms with Crippen molar-refractivity contribution >= 4 is 23.2 Å². The Morgan fingerprint density at radius 2 is 1.93 bits per heavy atom. The molecule has 0 unspecified atom stereocenters. The highest BCUT2D eigenvalue weighted by Gasteiger charge is 2.03. The van der Waals surface area contributed by atoms with Crippen molar-refractivity contribution in [3.05, 3.63) is 42.6 Å². The summed E-state index contributed by atoms with van der Waals surface area (Å²) in [5.41, 5.74) is 1.94. The van der Waals surface area contributed by atoms with E-state index in [1.54, 1.807) is 6.20 Å². The highest BCUT2D eigenvalue weighted by atomic mass is 32.1. The van der Waals surface area contributed by atoms with Crippen LogP contribution in [0.2, 0.25) is 0 Å². The predicted octanol–water partition coefficient (Wildman–Crippen LogP) is 2.88. The van der Waals surface area contributed by atoms with Gasteiger partial charge in [0.05, 0.1) is 11.4 Å². The fourth-order valence-corrected chi connectivity index (χ4v) is 1.38. The molecule has 4 heteroatoms. The van der Waals surface area contributed by atoms with Gasteiger partial charge < -0.3 is 0 Å². The number of thiocarbonyl (C=S) groups is 1. The van der Waals surface area contributed by atoms with Crippen LogP contribution in [0.15, 0.2) is 47.6 Å². The fraction of sp³-hybridized carbons (Fsp3) is 0. The van der Waals surface area contributed by atoms with E-state index in [0.29, 0.717) is 5.82 Å². The largest absolute Gasteiger partial charge is 0.192 e. The van der Waals surface area contributed by atoms with Crippen molar-refractivity contribution in [2.24, 2.45) is 4.99 Å². The molecule has 1 aromatic carbocycles. The van der Waals surface area contributed by atoms with E-state index >= 15 is 0 Å². The quantitative estimate of drug-likeness (QED) is 0.568. The van der Waals surface area contributed by atoms with Crippen molar-refractivity contribution in [1.82, 2.24) is 10.2 Å². The molecule has 0 fully saturated rings. The Morgan fingerprint density at radius 1 is 1.13 bits per heavy atom. The highest BCUT2D eigenvalue weighted by molar-refractivity contribution is 7.78. The second-order valence-corrected chi connectivity index (χ2v) is 3.02. The summed E-state index contributed by atoms with van der Waals surface area (Å²) in [4.78, 5) is 3.87. The van der Waals surface area contributed by atoms with E-state index in [0.717, 1.165) is 11.1 Å². The molecule has 0 saturated heterocycles. The van der Waals surface area contributed by atoms with Crippen LogP contribution >= 0.6 is 12.2 Å². The van der Waals surface area contributed by atoms with E-state index < -0.39 is 0 Å². The number of aromatic nitrogens is 2. The minimum absolute atomic E-state index is 0.499. The molecule has 0 radical (unpaired) electrons. The number of nitrogens with zero attached hydrogens (tertiary/aromatic N) is 3. The lowest BCUT2D eigenvalue weighted by Gasteiger charge is -2.01. The molecule has 1 aromatic heterocycles. The van der Waals surface area contributed by atoms with Gasteiger partial charge in [0.1, 0.15) is 0 Å². The summed E-state index contributed by atoms with van der Waals surface area (Å²) in [6, 6.07) is 11.7. The van der Waals surface area contributed by atoms with E-state index in [9.17, 15) is 0 Å². The second-order valence-electron chi connectivity index (χ2n) is 2.84. The van der Waals surface area contributed by atoms with Crippen molar-refractivity contribution in [1.29, 1.82) is 0 Å². The van der Waals surface area contributed by atoms with Crippen LogP contribution in [0.4, 0.5) is 5.82 Å². The van der Waals surface area contributed by atoms with Crippen LogP contribution in [0.25, 0.3) is 11.1 Å². The molecule has 2 rings (SSSR count). The van der Waals surface area contributed by atoms with Crippen molar-refractivity contribution in [3.8, 4) is 11.1 Å². The summed E-state index contributed by atoms with van der Waals surface area (Å²) >= 11 is 4.56. The van der Waals surface area contributed by atoms with E-state index in [1.165, 1.54) is 0 Å². The fourth-order valence-electron chi connectivity index (χ4n) is 1.29. The molecule has 0 spiro atoms. The van der Waals surface area contributed by atoms with Gasteiger partial charge in [-0.1, -0.05) is 30.3 Å². The lowest BCUT2D eigenvalue weighted by Crippen LogP contribution is -1.84. The van der Waals surface area contributed by atoms with E-state index in [4.69, 9.17) is 0 Å². The predicted molar refractivity (Wildman–Crippen MR) is 62.2 cm³/mol. The normalized spacial score (nSPS) is 9.33. The Hall–Kier alpha value is -1.90. The molecule has 3 nitrogen and oxygen atoms in total. The minimum atomic E-state index is 0.499. The van der Waals surface area contributed by atoms with Crippen LogP contribution in [-0.4, -0.2) is 15.4 Å². The summed E-state index contributed by atoms with van der Waals surface area (Å²) in [6.07, 6.45) is 1.63. The maximum atomic E-state index is 4.56. The van der Waals surface area contributed by atoms with Gasteiger partial charge in [-0.3, -0.25) is 0 Å². The van der Waals surface area contributed by atoms with Crippen LogP contribution in [0.3, 0.4) is 0 Å².